The summed E-state index contributed by atoms with van der Waals surface area (Å²) >= 11 is 0. The van der Waals surface area contributed by atoms with Gasteiger partial charge in [0.2, 0.25) is 0 Å². The Balaban J connectivity index is 2.23. The van der Waals surface area contributed by atoms with E-state index in [0.29, 0.717) is 17.1 Å². The summed E-state index contributed by atoms with van der Waals surface area (Å²) < 4.78 is 10.4. The van der Waals surface area contributed by atoms with Crippen LogP contribution in [0.15, 0.2) is 18.2 Å². The van der Waals surface area contributed by atoms with Crippen LogP contribution in [0.5, 0.6) is 11.5 Å². The van der Waals surface area contributed by atoms with Gasteiger partial charge in [-0.3, -0.25) is 4.79 Å². The molecule has 0 unspecified atom stereocenters. The first kappa shape index (κ1) is 12.9. The average molecular weight is 249 g/mol. The van der Waals surface area contributed by atoms with Crippen molar-refractivity contribution in [3.8, 4) is 11.5 Å². The van der Waals surface area contributed by atoms with Gasteiger partial charge in [0.25, 0.3) is 0 Å². The Morgan fingerprint density at radius 3 is 2.56 bits per heavy atom. The van der Waals surface area contributed by atoms with Crippen LogP contribution in [0.25, 0.3) is 0 Å². The van der Waals surface area contributed by atoms with Gasteiger partial charge in [-0.15, -0.1) is 0 Å². The van der Waals surface area contributed by atoms with E-state index in [1.54, 1.807) is 32.4 Å². The molecule has 0 amide bonds. The van der Waals surface area contributed by atoms with Gasteiger partial charge in [-0.05, 0) is 38.1 Å². The maximum atomic E-state index is 12.4. The van der Waals surface area contributed by atoms with Crippen LogP contribution in [0.4, 0.5) is 0 Å². The summed E-state index contributed by atoms with van der Waals surface area (Å²) in [4.78, 5) is 12.4. The van der Waals surface area contributed by atoms with E-state index in [0.717, 1.165) is 25.9 Å². The Morgan fingerprint density at radius 1 is 1.22 bits per heavy atom. The molecule has 2 rings (SSSR count). The Bertz CT molecular complexity index is 425. The molecule has 1 aromatic rings. The fourth-order valence-electron chi connectivity index (χ4n) is 2.31. The van der Waals surface area contributed by atoms with Gasteiger partial charge in [0, 0.05) is 12.0 Å². The molecule has 98 valence electrons. The minimum Gasteiger partial charge on any atom is -0.497 e. The first-order chi connectivity index (χ1) is 8.76. The molecule has 18 heavy (non-hydrogen) atoms. The molecule has 0 saturated carbocycles. The molecule has 1 aliphatic rings. The minimum absolute atomic E-state index is 0.105. The summed E-state index contributed by atoms with van der Waals surface area (Å²) in [5.41, 5.74) is 0.658. The number of carbonyl (C=O) groups is 1. The van der Waals surface area contributed by atoms with E-state index in [2.05, 4.69) is 5.32 Å². The van der Waals surface area contributed by atoms with Gasteiger partial charge in [0.15, 0.2) is 5.78 Å². The number of nitrogens with one attached hydrogen (secondary N) is 1. The molecule has 1 aliphatic heterocycles. The quantitative estimate of drug-likeness (QED) is 0.828. The molecule has 4 nitrogen and oxygen atoms in total. The predicted molar refractivity (Wildman–Crippen MR) is 69.5 cm³/mol. The lowest BCUT2D eigenvalue weighted by molar-refractivity contribution is 0.0892. The van der Waals surface area contributed by atoms with Gasteiger partial charge in [0.05, 0.1) is 19.8 Å². The average Bonchev–Trinajstić information content (AvgIpc) is 2.46. The van der Waals surface area contributed by atoms with Crippen molar-refractivity contribution in [2.24, 2.45) is 5.92 Å². The number of benzene rings is 1. The van der Waals surface area contributed by atoms with Crippen LogP contribution in [0.3, 0.4) is 0 Å². The van der Waals surface area contributed by atoms with Crippen molar-refractivity contribution in [1.29, 1.82) is 0 Å². The van der Waals surface area contributed by atoms with Gasteiger partial charge >= 0.3 is 0 Å². The van der Waals surface area contributed by atoms with Crippen molar-refractivity contribution in [3.05, 3.63) is 23.8 Å². The first-order valence-corrected chi connectivity index (χ1v) is 6.23. The van der Waals surface area contributed by atoms with E-state index >= 15 is 0 Å². The van der Waals surface area contributed by atoms with Crippen LogP contribution in [0.1, 0.15) is 23.2 Å². The van der Waals surface area contributed by atoms with Gasteiger partial charge in [-0.2, -0.15) is 0 Å². The predicted octanol–water partition coefficient (Wildman–Crippen LogP) is 1.89. The molecule has 0 aliphatic carbocycles. The zero-order chi connectivity index (χ0) is 13.0. The highest BCUT2D eigenvalue weighted by Gasteiger charge is 2.24. The highest BCUT2D eigenvalue weighted by Crippen LogP contribution is 2.28. The third-order valence-corrected chi connectivity index (χ3v) is 3.38. The van der Waals surface area contributed by atoms with Crippen molar-refractivity contribution in [2.75, 3.05) is 27.3 Å². The van der Waals surface area contributed by atoms with E-state index in [1.807, 2.05) is 0 Å². The van der Waals surface area contributed by atoms with Crippen LogP contribution >= 0.6 is 0 Å². The SMILES string of the molecule is COc1ccc(C(=O)C2CCNCC2)c(OC)c1. The maximum absolute atomic E-state index is 12.4. The molecule has 1 N–H and O–H groups in total. The molecule has 0 spiro atoms. The zero-order valence-corrected chi connectivity index (χ0v) is 10.9. The Kier molecular flexibility index (Phi) is 4.20. The van der Waals surface area contributed by atoms with E-state index in [-0.39, 0.29) is 11.7 Å². The lowest BCUT2D eigenvalue weighted by Gasteiger charge is -2.22. The normalized spacial score (nSPS) is 16.3. The zero-order valence-electron chi connectivity index (χ0n) is 10.9. The number of ketones is 1. The van der Waals surface area contributed by atoms with Crippen LogP contribution in [0.2, 0.25) is 0 Å². The fraction of sp³-hybridized carbons (Fsp3) is 0.500. The van der Waals surface area contributed by atoms with Crippen molar-refractivity contribution in [2.45, 2.75) is 12.8 Å². The highest BCUT2D eigenvalue weighted by molar-refractivity contribution is 6.00. The number of hydrogen-bond donors (Lipinski definition) is 1. The van der Waals surface area contributed by atoms with E-state index in [9.17, 15) is 4.79 Å². The summed E-state index contributed by atoms with van der Waals surface area (Å²) in [5, 5.41) is 3.26. The maximum Gasteiger partial charge on any atom is 0.169 e. The Hall–Kier alpha value is -1.55. The Labute approximate surface area is 107 Å². The number of ether oxygens (including phenoxy) is 2. The molecule has 4 heteroatoms. The topological polar surface area (TPSA) is 47.6 Å². The van der Waals surface area contributed by atoms with Crippen molar-refractivity contribution >= 4 is 5.78 Å². The lowest BCUT2D eigenvalue weighted by Crippen LogP contribution is -2.32. The van der Waals surface area contributed by atoms with Gasteiger partial charge < -0.3 is 14.8 Å². The summed E-state index contributed by atoms with van der Waals surface area (Å²) in [6.45, 7) is 1.82. The monoisotopic (exact) mass is 249 g/mol. The highest BCUT2D eigenvalue weighted by atomic mass is 16.5. The van der Waals surface area contributed by atoms with E-state index < -0.39 is 0 Å². The molecule has 0 atom stereocenters. The van der Waals surface area contributed by atoms with Crippen molar-refractivity contribution in [1.82, 2.24) is 5.32 Å². The summed E-state index contributed by atoms with van der Waals surface area (Å²) in [5.74, 6) is 1.58. The number of hydrogen-bond acceptors (Lipinski definition) is 4. The minimum atomic E-state index is 0.105. The number of carbonyl (C=O) groups excluding carboxylic acids is 1. The number of piperidine rings is 1. The van der Waals surface area contributed by atoms with Gasteiger partial charge in [-0.1, -0.05) is 0 Å². The summed E-state index contributed by atoms with van der Waals surface area (Å²) in [6.07, 6.45) is 1.79. The molecular weight excluding hydrogens is 230 g/mol. The molecule has 1 fully saturated rings. The van der Waals surface area contributed by atoms with Crippen molar-refractivity contribution < 1.29 is 14.3 Å². The van der Waals surface area contributed by atoms with Gasteiger partial charge in [0.1, 0.15) is 11.5 Å². The first-order valence-electron chi connectivity index (χ1n) is 6.23. The molecule has 1 aromatic carbocycles. The molecule has 1 heterocycles. The lowest BCUT2D eigenvalue weighted by atomic mass is 9.89. The second-order valence-electron chi connectivity index (χ2n) is 4.45. The fourth-order valence-corrected chi connectivity index (χ4v) is 2.31. The molecule has 0 bridgehead atoms. The number of rotatable bonds is 4. The van der Waals surface area contributed by atoms with Gasteiger partial charge in [-0.25, -0.2) is 0 Å². The standard InChI is InChI=1S/C14H19NO3/c1-17-11-3-4-12(13(9-11)18-2)14(16)10-5-7-15-8-6-10/h3-4,9-10,15H,5-8H2,1-2H3. The number of Topliss-reactive ketones (excluding diaryl/α,β-unsaturated/α-hetero) is 1. The van der Waals surface area contributed by atoms with Crippen molar-refractivity contribution in [3.63, 3.8) is 0 Å². The molecular formula is C14H19NO3. The second kappa shape index (κ2) is 5.87. The van der Waals surface area contributed by atoms with Crippen LogP contribution in [0, 0.1) is 5.92 Å². The number of methoxy groups -OCH3 is 2. The smallest absolute Gasteiger partial charge is 0.169 e. The second-order valence-corrected chi connectivity index (χ2v) is 4.45. The molecule has 0 radical (unpaired) electrons. The molecule has 0 aromatic heterocycles. The summed E-state index contributed by atoms with van der Waals surface area (Å²) in [6, 6.07) is 5.35. The van der Waals surface area contributed by atoms with Crippen LogP contribution in [-0.4, -0.2) is 33.1 Å². The third-order valence-electron chi connectivity index (χ3n) is 3.38. The molecule has 1 saturated heterocycles. The van der Waals surface area contributed by atoms with Crippen LogP contribution in [-0.2, 0) is 0 Å². The van der Waals surface area contributed by atoms with E-state index in [1.165, 1.54) is 0 Å². The summed E-state index contributed by atoms with van der Waals surface area (Å²) in [7, 11) is 3.18. The Morgan fingerprint density at radius 2 is 1.94 bits per heavy atom. The van der Waals surface area contributed by atoms with E-state index in [4.69, 9.17) is 9.47 Å². The third kappa shape index (κ3) is 2.64. The largest absolute Gasteiger partial charge is 0.497 e. The van der Waals surface area contributed by atoms with Crippen LogP contribution < -0.4 is 14.8 Å².